The molecule has 0 amide bonds. The minimum atomic E-state index is -4.01. The summed E-state index contributed by atoms with van der Waals surface area (Å²) in [5, 5.41) is 13.2. The molecule has 180 valence electrons. The Hall–Kier alpha value is -2.90. The smallest absolute Gasteiger partial charge is 0.325 e. The first kappa shape index (κ1) is 24.2. The zero-order valence-electron chi connectivity index (χ0n) is 17.8. The fraction of sp³-hybridized carbons (Fsp3) is 0.286. The highest BCUT2D eigenvalue weighted by Gasteiger charge is 2.34. The number of nitrogens with zero attached hydrogens (tertiary/aromatic N) is 4. The molecule has 0 radical (unpaired) electrons. The monoisotopic (exact) mass is 556 g/mol. The molecule has 2 heterocycles. The van der Waals surface area contributed by atoms with Crippen LogP contribution in [0.4, 0.5) is 8.78 Å². The second kappa shape index (κ2) is 9.39. The second-order valence-electron chi connectivity index (χ2n) is 7.66. The number of pyridine rings is 1. The molecule has 0 aliphatic heterocycles. The lowest BCUT2D eigenvalue weighted by Crippen LogP contribution is -2.33. The molecule has 1 N–H and O–H groups in total. The van der Waals surface area contributed by atoms with Crippen molar-refractivity contribution >= 4 is 31.9 Å². The maximum atomic E-state index is 13.9. The Morgan fingerprint density at radius 2 is 2.09 bits per heavy atom. The number of ether oxygens (including phenoxy) is 1. The van der Waals surface area contributed by atoms with Gasteiger partial charge in [0.05, 0.1) is 22.9 Å². The summed E-state index contributed by atoms with van der Waals surface area (Å²) in [6.07, 6.45) is 4.41. The van der Waals surface area contributed by atoms with Crippen LogP contribution in [0.3, 0.4) is 0 Å². The quantitative estimate of drug-likeness (QED) is 0.469. The predicted molar refractivity (Wildman–Crippen MR) is 119 cm³/mol. The lowest BCUT2D eigenvalue weighted by Gasteiger charge is -2.30. The number of carbonyl (C=O) groups is 1. The highest BCUT2D eigenvalue weighted by molar-refractivity contribution is 9.10. The van der Waals surface area contributed by atoms with Gasteiger partial charge in [0.2, 0.25) is 15.9 Å². The van der Waals surface area contributed by atoms with E-state index in [1.54, 1.807) is 0 Å². The van der Waals surface area contributed by atoms with Crippen molar-refractivity contribution in [3.63, 3.8) is 0 Å². The zero-order valence-corrected chi connectivity index (χ0v) is 20.2. The van der Waals surface area contributed by atoms with E-state index in [-0.39, 0.29) is 27.5 Å². The first-order chi connectivity index (χ1) is 16.1. The average molecular weight is 557 g/mol. The highest BCUT2D eigenvalue weighted by atomic mass is 79.9. The molecule has 0 spiro atoms. The molecule has 4 rings (SSSR count). The molecule has 1 atom stereocenters. The number of carboxylic acids is 1. The van der Waals surface area contributed by atoms with Gasteiger partial charge in [-0.2, -0.15) is 9.40 Å². The first-order valence-corrected chi connectivity index (χ1v) is 12.3. The van der Waals surface area contributed by atoms with Crippen molar-refractivity contribution in [2.24, 2.45) is 0 Å². The molecule has 1 aliphatic rings. The van der Waals surface area contributed by atoms with Gasteiger partial charge in [-0.3, -0.25) is 9.48 Å². The molecule has 0 saturated heterocycles. The molecule has 1 aliphatic carbocycles. The maximum Gasteiger partial charge on any atom is 0.325 e. The zero-order chi connectivity index (χ0) is 24.6. The molecule has 3 aromatic rings. The van der Waals surface area contributed by atoms with Gasteiger partial charge < -0.3 is 9.84 Å². The number of rotatable bonds is 7. The summed E-state index contributed by atoms with van der Waals surface area (Å²) in [6, 6.07) is 3.54. The van der Waals surface area contributed by atoms with Crippen LogP contribution in [0.2, 0.25) is 0 Å². The van der Waals surface area contributed by atoms with Gasteiger partial charge in [0.1, 0.15) is 17.3 Å². The number of carboxylic acid groups (broad SMARTS) is 1. The third-order valence-corrected chi connectivity index (χ3v) is 7.91. The summed E-state index contributed by atoms with van der Waals surface area (Å²) in [7, 11) is -2.57. The van der Waals surface area contributed by atoms with Crippen LogP contribution in [-0.4, -0.2) is 45.6 Å². The Balaban J connectivity index is 1.59. The van der Waals surface area contributed by atoms with Crippen LogP contribution < -0.4 is 4.74 Å². The number of aromatic nitrogens is 3. The number of benzene rings is 1. The minimum absolute atomic E-state index is 0.0954. The van der Waals surface area contributed by atoms with E-state index in [4.69, 9.17) is 9.84 Å². The fourth-order valence-electron chi connectivity index (χ4n) is 3.86. The Kier molecular flexibility index (Phi) is 6.69. The molecule has 0 unspecified atom stereocenters. The van der Waals surface area contributed by atoms with Gasteiger partial charge in [0.25, 0.3) is 0 Å². The molecule has 13 heteroatoms. The lowest BCUT2D eigenvalue weighted by atomic mass is 9.93. The summed E-state index contributed by atoms with van der Waals surface area (Å²) in [4.78, 5) is 15.0. The maximum absolute atomic E-state index is 13.9. The minimum Gasteiger partial charge on any atom is -0.480 e. The molecular weight excluding hydrogens is 538 g/mol. The highest BCUT2D eigenvalue weighted by Crippen LogP contribution is 2.37. The van der Waals surface area contributed by atoms with Gasteiger partial charge in [-0.15, -0.1) is 0 Å². The molecule has 0 saturated carbocycles. The van der Waals surface area contributed by atoms with Crippen LogP contribution in [0, 0.1) is 11.6 Å². The molecule has 9 nitrogen and oxygen atoms in total. The van der Waals surface area contributed by atoms with E-state index >= 15 is 0 Å². The Labute approximate surface area is 202 Å². The molecule has 1 aromatic carbocycles. The van der Waals surface area contributed by atoms with Gasteiger partial charge in [0, 0.05) is 24.4 Å². The van der Waals surface area contributed by atoms with Crippen molar-refractivity contribution in [3.8, 4) is 11.6 Å². The number of fused-ring (bicyclic) bond motifs is 1. The third-order valence-electron chi connectivity index (χ3n) is 5.51. The summed E-state index contributed by atoms with van der Waals surface area (Å²) in [5.74, 6) is -3.09. The van der Waals surface area contributed by atoms with Gasteiger partial charge in [-0.05, 0) is 53.4 Å². The SMILES string of the molecule is CN([C@@H]1CCCc2c1cnn2CC(=O)O)S(=O)(=O)c1cnc(Oc2ccc(F)cc2F)c(Br)c1. The van der Waals surface area contributed by atoms with Crippen molar-refractivity contribution in [2.45, 2.75) is 36.7 Å². The molecule has 0 bridgehead atoms. The van der Waals surface area contributed by atoms with E-state index in [2.05, 4.69) is 26.0 Å². The van der Waals surface area contributed by atoms with Crippen LogP contribution in [0.25, 0.3) is 0 Å². The second-order valence-corrected chi connectivity index (χ2v) is 10.5. The van der Waals surface area contributed by atoms with Gasteiger partial charge in [-0.25, -0.2) is 22.2 Å². The normalized spacial score (nSPS) is 15.9. The Morgan fingerprint density at radius 1 is 1.32 bits per heavy atom. The van der Waals surface area contributed by atoms with E-state index < -0.39 is 33.7 Å². The molecule has 0 fully saturated rings. The van der Waals surface area contributed by atoms with E-state index in [9.17, 15) is 22.0 Å². The van der Waals surface area contributed by atoms with E-state index in [0.29, 0.717) is 36.6 Å². The predicted octanol–water partition coefficient (Wildman–Crippen LogP) is 3.89. The van der Waals surface area contributed by atoms with Crippen LogP contribution in [0.5, 0.6) is 11.6 Å². The van der Waals surface area contributed by atoms with Crippen LogP contribution in [-0.2, 0) is 27.8 Å². The van der Waals surface area contributed by atoms with Gasteiger partial charge in [-0.1, -0.05) is 0 Å². The summed E-state index contributed by atoms with van der Waals surface area (Å²) < 4.78 is 61.8. The van der Waals surface area contributed by atoms with Crippen molar-refractivity contribution in [1.29, 1.82) is 0 Å². The molecule has 34 heavy (non-hydrogen) atoms. The van der Waals surface area contributed by atoms with Crippen molar-refractivity contribution < 1.29 is 31.8 Å². The van der Waals surface area contributed by atoms with Crippen LogP contribution in [0.15, 0.2) is 46.0 Å². The number of aliphatic carboxylic acids is 1. The molecule has 2 aromatic heterocycles. The topological polar surface area (TPSA) is 115 Å². The fourth-order valence-corrected chi connectivity index (χ4v) is 5.78. The summed E-state index contributed by atoms with van der Waals surface area (Å²) in [5.41, 5.74) is 1.36. The molecular formula is C21H19BrF2N4O5S. The number of hydrogen-bond acceptors (Lipinski definition) is 6. The van der Waals surface area contributed by atoms with Gasteiger partial charge >= 0.3 is 5.97 Å². The largest absolute Gasteiger partial charge is 0.480 e. The van der Waals surface area contributed by atoms with Gasteiger partial charge in [0.15, 0.2) is 11.6 Å². The van der Waals surface area contributed by atoms with Crippen LogP contribution in [0.1, 0.15) is 30.1 Å². The summed E-state index contributed by atoms with van der Waals surface area (Å²) in [6.45, 7) is -0.300. The van der Waals surface area contributed by atoms with Crippen molar-refractivity contribution in [3.05, 3.63) is 64.0 Å². The number of sulfonamides is 1. The number of halogens is 3. The third kappa shape index (κ3) is 4.68. The van der Waals surface area contributed by atoms with E-state index in [1.165, 1.54) is 28.3 Å². The van der Waals surface area contributed by atoms with Crippen molar-refractivity contribution in [2.75, 3.05) is 7.05 Å². The number of hydrogen-bond donors (Lipinski definition) is 1. The Bertz CT molecular complexity index is 1370. The first-order valence-electron chi connectivity index (χ1n) is 10.1. The summed E-state index contributed by atoms with van der Waals surface area (Å²) >= 11 is 3.20. The Morgan fingerprint density at radius 3 is 2.76 bits per heavy atom. The van der Waals surface area contributed by atoms with Crippen LogP contribution >= 0.6 is 15.9 Å². The lowest BCUT2D eigenvalue weighted by molar-refractivity contribution is -0.137. The van der Waals surface area contributed by atoms with E-state index in [0.717, 1.165) is 18.3 Å². The van der Waals surface area contributed by atoms with Crippen molar-refractivity contribution in [1.82, 2.24) is 19.1 Å². The standard InChI is InChI=1S/C21H19BrF2N4O5S/c1-27(17-3-2-4-18-14(17)10-26-28(18)11-20(29)30)34(31,32)13-8-15(22)21(25-9-13)33-19-6-5-12(23)7-16(19)24/h5-10,17H,2-4,11H2,1H3,(H,29,30)/t17-/m1/s1. The van der Waals surface area contributed by atoms with E-state index in [1.807, 2.05) is 0 Å². The average Bonchev–Trinajstić information content (AvgIpc) is 3.18.